The smallest absolute Gasteiger partial charge is 0.189 e. The first kappa shape index (κ1) is 11.9. The van der Waals surface area contributed by atoms with Crippen LogP contribution >= 0.6 is 0 Å². The van der Waals surface area contributed by atoms with Gasteiger partial charge in [-0.15, -0.1) is 0 Å². The van der Waals surface area contributed by atoms with E-state index in [-0.39, 0.29) is 5.78 Å². The van der Waals surface area contributed by atoms with E-state index in [1.165, 1.54) is 12.2 Å². The first-order valence-electron chi connectivity index (χ1n) is 6.15. The molecule has 96 valence electrons. The quantitative estimate of drug-likeness (QED) is 0.850. The van der Waals surface area contributed by atoms with Crippen LogP contribution in [0, 0.1) is 6.92 Å². The number of carbonyl (C=O) groups excluding carboxylic acids is 1. The second-order valence-corrected chi connectivity index (χ2v) is 5.07. The third-order valence-corrected chi connectivity index (χ3v) is 3.32. The summed E-state index contributed by atoms with van der Waals surface area (Å²) in [6.45, 7) is 3.60. The molecule has 1 aliphatic carbocycles. The summed E-state index contributed by atoms with van der Waals surface area (Å²) in [6, 6.07) is 9.53. The molecular weight excluding hydrogens is 240 g/mol. The van der Waals surface area contributed by atoms with Crippen molar-refractivity contribution < 1.29 is 14.3 Å². The number of furan rings is 1. The van der Waals surface area contributed by atoms with Gasteiger partial charge in [-0.25, -0.2) is 0 Å². The van der Waals surface area contributed by atoms with Crippen molar-refractivity contribution in [2.45, 2.75) is 19.4 Å². The molecule has 0 aliphatic heterocycles. The van der Waals surface area contributed by atoms with Gasteiger partial charge in [0.05, 0.1) is 5.56 Å². The van der Waals surface area contributed by atoms with Crippen LogP contribution in [-0.2, 0) is 5.60 Å². The maximum atomic E-state index is 11.8. The molecule has 0 saturated heterocycles. The van der Waals surface area contributed by atoms with Crippen LogP contribution in [0.15, 0.2) is 46.9 Å². The van der Waals surface area contributed by atoms with Crippen LogP contribution in [0.2, 0.25) is 0 Å². The summed E-state index contributed by atoms with van der Waals surface area (Å²) in [5.41, 5.74) is 1.22. The zero-order valence-electron chi connectivity index (χ0n) is 10.8. The second-order valence-electron chi connectivity index (χ2n) is 5.07. The number of rotatable bonds is 1. The van der Waals surface area contributed by atoms with Crippen LogP contribution in [0.3, 0.4) is 0 Å². The van der Waals surface area contributed by atoms with Gasteiger partial charge < -0.3 is 9.52 Å². The van der Waals surface area contributed by atoms with Crippen LogP contribution in [0.5, 0.6) is 0 Å². The fourth-order valence-corrected chi connectivity index (χ4v) is 2.29. The minimum Gasteiger partial charge on any atom is -0.457 e. The average Bonchev–Trinajstić information content (AvgIpc) is 2.81. The Morgan fingerprint density at radius 2 is 2.05 bits per heavy atom. The third-order valence-electron chi connectivity index (χ3n) is 3.32. The molecule has 1 atom stereocenters. The highest BCUT2D eigenvalue weighted by molar-refractivity contribution is 6.07. The van der Waals surface area contributed by atoms with E-state index in [2.05, 4.69) is 0 Å². The molecule has 19 heavy (non-hydrogen) atoms. The molecule has 0 saturated carbocycles. The molecule has 3 rings (SSSR count). The van der Waals surface area contributed by atoms with Crippen molar-refractivity contribution in [3.63, 3.8) is 0 Å². The molecule has 0 amide bonds. The van der Waals surface area contributed by atoms with Crippen molar-refractivity contribution >= 4 is 5.78 Å². The number of benzene rings is 1. The Morgan fingerprint density at radius 3 is 2.74 bits per heavy atom. The molecule has 0 fully saturated rings. The molecule has 3 heteroatoms. The molecule has 2 aromatic rings. The maximum Gasteiger partial charge on any atom is 0.189 e. The second kappa shape index (κ2) is 3.93. The van der Waals surface area contributed by atoms with Gasteiger partial charge in [-0.2, -0.15) is 0 Å². The van der Waals surface area contributed by atoms with Crippen LogP contribution in [0.4, 0.5) is 0 Å². The topological polar surface area (TPSA) is 50.4 Å². The minimum absolute atomic E-state index is 0.135. The summed E-state index contributed by atoms with van der Waals surface area (Å²) in [4.78, 5) is 11.8. The van der Waals surface area contributed by atoms with Gasteiger partial charge in [-0.1, -0.05) is 23.8 Å². The highest BCUT2D eigenvalue weighted by Gasteiger charge is 2.34. The van der Waals surface area contributed by atoms with Crippen molar-refractivity contribution in [1.82, 2.24) is 0 Å². The molecule has 0 bridgehead atoms. The van der Waals surface area contributed by atoms with Crippen LogP contribution in [-0.4, -0.2) is 10.9 Å². The molecule has 1 heterocycles. The standard InChI is InChI=1S/C16H14O3/c1-10-4-3-5-11(8-10)14-9-12-13(17)6-7-16(2,18)15(12)19-14/h3-9,18H,1-2H3. The summed E-state index contributed by atoms with van der Waals surface area (Å²) < 4.78 is 5.71. The number of allylic oxidation sites excluding steroid dienone is 1. The van der Waals surface area contributed by atoms with Crippen LogP contribution in [0.1, 0.15) is 28.6 Å². The summed E-state index contributed by atoms with van der Waals surface area (Å²) in [6.07, 6.45) is 2.85. The van der Waals surface area contributed by atoms with Crippen LogP contribution in [0.25, 0.3) is 11.3 Å². The van der Waals surface area contributed by atoms with Crippen molar-refractivity contribution in [1.29, 1.82) is 0 Å². The SMILES string of the molecule is Cc1cccc(-c2cc3c(o2)C(C)(O)C=CC3=O)c1. The fourth-order valence-electron chi connectivity index (χ4n) is 2.29. The van der Waals surface area contributed by atoms with E-state index >= 15 is 0 Å². The number of aryl methyl sites for hydroxylation is 1. The number of ketones is 1. The van der Waals surface area contributed by atoms with E-state index < -0.39 is 5.60 Å². The van der Waals surface area contributed by atoms with Gasteiger partial charge in [-0.05, 0) is 38.1 Å². The van der Waals surface area contributed by atoms with Gasteiger partial charge >= 0.3 is 0 Å². The van der Waals surface area contributed by atoms with E-state index in [0.717, 1.165) is 11.1 Å². The zero-order chi connectivity index (χ0) is 13.6. The largest absolute Gasteiger partial charge is 0.457 e. The molecule has 1 aromatic heterocycles. The Bertz CT molecular complexity index is 690. The number of fused-ring (bicyclic) bond motifs is 1. The molecular formula is C16H14O3. The van der Waals surface area contributed by atoms with Crippen molar-refractivity contribution in [2.24, 2.45) is 0 Å². The van der Waals surface area contributed by atoms with E-state index in [1.54, 1.807) is 13.0 Å². The van der Waals surface area contributed by atoms with E-state index in [1.807, 2.05) is 31.2 Å². The summed E-state index contributed by atoms with van der Waals surface area (Å²) in [5, 5.41) is 10.2. The van der Waals surface area contributed by atoms with Crippen molar-refractivity contribution in [3.8, 4) is 11.3 Å². The Kier molecular flexibility index (Phi) is 2.47. The normalized spacial score (nSPS) is 21.5. The Balaban J connectivity index is 2.16. The van der Waals surface area contributed by atoms with Gasteiger partial charge in [0.15, 0.2) is 11.5 Å². The summed E-state index contributed by atoms with van der Waals surface area (Å²) in [7, 11) is 0. The lowest BCUT2D eigenvalue weighted by Crippen LogP contribution is -2.23. The number of carbonyl (C=O) groups is 1. The average molecular weight is 254 g/mol. The summed E-state index contributed by atoms with van der Waals surface area (Å²) >= 11 is 0. The zero-order valence-corrected chi connectivity index (χ0v) is 10.8. The lowest BCUT2D eigenvalue weighted by atomic mass is 9.91. The Morgan fingerprint density at radius 1 is 1.26 bits per heavy atom. The molecule has 0 spiro atoms. The van der Waals surface area contributed by atoms with Gasteiger partial charge in [0.1, 0.15) is 11.4 Å². The third kappa shape index (κ3) is 1.92. The van der Waals surface area contributed by atoms with Crippen LogP contribution < -0.4 is 0 Å². The van der Waals surface area contributed by atoms with Gasteiger partial charge in [-0.3, -0.25) is 4.79 Å². The highest BCUT2D eigenvalue weighted by atomic mass is 16.4. The molecule has 1 aliphatic rings. The predicted molar refractivity (Wildman–Crippen MR) is 71.9 cm³/mol. The molecule has 3 nitrogen and oxygen atoms in total. The molecule has 0 radical (unpaired) electrons. The molecule has 1 N–H and O–H groups in total. The lowest BCUT2D eigenvalue weighted by molar-refractivity contribution is 0.0772. The summed E-state index contributed by atoms with van der Waals surface area (Å²) in [5.74, 6) is 0.784. The van der Waals surface area contributed by atoms with E-state index in [0.29, 0.717) is 17.1 Å². The van der Waals surface area contributed by atoms with Gasteiger partial charge in [0.2, 0.25) is 0 Å². The fraction of sp³-hybridized carbons (Fsp3) is 0.188. The monoisotopic (exact) mass is 254 g/mol. The van der Waals surface area contributed by atoms with E-state index in [9.17, 15) is 9.90 Å². The predicted octanol–water partition coefficient (Wildman–Crippen LogP) is 3.22. The highest BCUT2D eigenvalue weighted by Crippen LogP contribution is 2.36. The molecule has 1 unspecified atom stereocenters. The lowest BCUT2D eigenvalue weighted by Gasteiger charge is -2.20. The number of hydrogen-bond acceptors (Lipinski definition) is 3. The van der Waals surface area contributed by atoms with Crippen molar-refractivity contribution in [2.75, 3.05) is 0 Å². The Hall–Kier alpha value is -2.13. The first-order valence-corrected chi connectivity index (χ1v) is 6.15. The van der Waals surface area contributed by atoms with Crippen molar-refractivity contribution in [3.05, 3.63) is 59.4 Å². The maximum absolute atomic E-state index is 11.8. The van der Waals surface area contributed by atoms with E-state index in [4.69, 9.17) is 4.42 Å². The Labute approximate surface area is 111 Å². The molecule has 1 aromatic carbocycles. The number of aliphatic hydroxyl groups is 1. The van der Waals surface area contributed by atoms with Gasteiger partial charge in [0.25, 0.3) is 0 Å². The minimum atomic E-state index is -1.23. The first-order chi connectivity index (χ1) is 8.97. The number of hydrogen-bond donors (Lipinski definition) is 1. The van der Waals surface area contributed by atoms with Gasteiger partial charge in [0, 0.05) is 5.56 Å².